The van der Waals surface area contributed by atoms with Gasteiger partial charge in [-0.05, 0) is 68.9 Å². The van der Waals surface area contributed by atoms with Gasteiger partial charge in [0.15, 0.2) is 0 Å². The van der Waals surface area contributed by atoms with Crippen LogP contribution < -0.4 is 10.1 Å². The zero-order valence-corrected chi connectivity index (χ0v) is 16.1. The molecule has 5 nitrogen and oxygen atoms in total. The number of carbonyl (C=O) groups excluding carboxylic acids is 1. The summed E-state index contributed by atoms with van der Waals surface area (Å²) in [6.45, 7) is 3.08. The van der Waals surface area contributed by atoms with E-state index in [2.05, 4.69) is 10.3 Å². The lowest BCUT2D eigenvalue weighted by Gasteiger charge is -2.24. The van der Waals surface area contributed by atoms with Crippen LogP contribution in [-0.2, 0) is 4.79 Å². The first-order valence-corrected chi connectivity index (χ1v) is 9.28. The average molecular weight is 381 g/mol. The second kappa shape index (κ2) is 9.28. The van der Waals surface area contributed by atoms with Crippen LogP contribution in [0.1, 0.15) is 13.3 Å². The summed E-state index contributed by atoms with van der Waals surface area (Å²) >= 11 is 0. The number of ether oxygens (including phenoxy) is 1. The van der Waals surface area contributed by atoms with Gasteiger partial charge in [-0.3, -0.25) is 14.7 Å². The molecular formula is C22H24FN3O2. The van der Waals surface area contributed by atoms with E-state index in [1.54, 1.807) is 18.3 Å². The molecule has 1 heterocycles. The van der Waals surface area contributed by atoms with Crippen molar-refractivity contribution < 1.29 is 13.9 Å². The number of amides is 1. The Morgan fingerprint density at radius 3 is 2.75 bits per heavy atom. The lowest BCUT2D eigenvalue weighted by Crippen LogP contribution is -2.40. The number of nitrogens with one attached hydrogen (secondary N) is 1. The Bertz CT molecular complexity index is 925. The zero-order chi connectivity index (χ0) is 19.9. The van der Waals surface area contributed by atoms with Crippen molar-refractivity contribution in [2.24, 2.45) is 0 Å². The van der Waals surface area contributed by atoms with Crippen LogP contribution in [0.25, 0.3) is 10.9 Å². The molecule has 1 unspecified atom stereocenters. The fourth-order valence-corrected chi connectivity index (χ4v) is 2.88. The van der Waals surface area contributed by atoms with E-state index in [-0.39, 0.29) is 17.8 Å². The summed E-state index contributed by atoms with van der Waals surface area (Å²) in [7, 11) is 1.91. The number of aromatic nitrogens is 1. The van der Waals surface area contributed by atoms with Crippen molar-refractivity contribution in [1.29, 1.82) is 0 Å². The smallest absolute Gasteiger partial charge is 0.241 e. The molecule has 6 heteroatoms. The third kappa shape index (κ3) is 5.04. The number of pyridine rings is 1. The van der Waals surface area contributed by atoms with E-state index >= 15 is 0 Å². The molecule has 3 aromatic rings. The number of nitrogens with zero attached hydrogens (tertiary/aromatic N) is 2. The minimum atomic E-state index is -0.294. The monoisotopic (exact) mass is 381 g/mol. The Hall–Kier alpha value is -2.99. The van der Waals surface area contributed by atoms with E-state index in [1.807, 2.05) is 49.2 Å². The van der Waals surface area contributed by atoms with Crippen LogP contribution >= 0.6 is 0 Å². The maximum absolute atomic E-state index is 12.9. The highest BCUT2D eigenvalue weighted by atomic mass is 19.1. The molecule has 1 N–H and O–H groups in total. The molecule has 146 valence electrons. The Morgan fingerprint density at radius 1 is 1.18 bits per heavy atom. The lowest BCUT2D eigenvalue weighted by atomic mass is 10.1. The molecule has 1 aromatic heterocycles. The second-order valence-electron chi connectivity index (χ2n) is 6.68. The van der Waals surface area contributed by atoms with Crippen molar-refractivity contribution in [2.75, 3.05) is 25.5 Å². The lowest BCUT2D eigenvalue weighted by molar-refractivity contribution is -0.120. The molecule has 1 atom stereocenters. The number of hydrogen-bond acceptors (Lipinski definition) is 4. The number of fused-ring (bicyclic) bond motifs is 1. The van der Waals surface area contributed by atoms with Crippen molar-refractivity contribution >= 4 is 22.5 Å². The standard InChI is InChI=1S/C22H24FN3O2/c1-16(26(2)14-5-15-28-18-11-9-17(23)10-12-18)22(27)25-21-8-3-7-20-19(21)6-4-13-24-20/h3-4,6-13,16H,5,14-15H2,1-2H3,(H,25,27). The molecule has 0 saturated heterocycles. The fourth-order valence-electron chi connectivity index (χ4n) is 2.88. The fraction of sp³-hybridized carbons (Fsp3) is 0.273. The van der Waals surface area contributed by atoms with Crippen molar-refractivity contribution in [2.45, 2.75) is 19.4 Å². The first-order valence-electron chi connectivity index (χ1n) is 9.28. The third-order valence-corrected chi connectivity index (χ3v) is 4.68. The van der Waals surface area contributed by atoms with Gasteiger partial charge in [0.25, 0.3) is 0 Å². The molecule has 0 aliphatic carbocycles. The summed E-state index contributed by atoms with van der Waals surface area (Å²) in [6.07, 6.45) is 2.49. The van der Waals surface area contributed by atoms with E-state index in [0.29, 0.717) is 18.9 Å². The van der Waals surface area contributed by atoms with Crippen LogP contribution in [0.2, 0.25) is 0 Å². The van der Waals surface area contributed by atoms with Crippen molar-refractivity contribution in [1.82, 2.24) is 9.88 Å². The number of halogens is 1. The molecule has 2 aromatic carbocycles. The Balaban J connectivity index is 1.49. The molecule has 0 aliphatic rings. The molecule has 3 rings (SSSR count). The molecular weight excluding hydrogens is 357 g/mol. The van der Waals surface area contributed by atoms with Gasteiger partial charge in [0, 0.05) is 18.1 Å². The highest BCUT2D eigenvalue weighted by Crippen LogP contribution is 2.21. The SMILES string of the molecule is CC(C(=O)Nc1cccc2ncccc12)N(C)CCCOc1ccc(F)cc1. The molecule has 28 heavy (non-hydrogen) atoms. The summed E-state index contributed by atoms with van der Waals surface area (Å²) in [6, 6.07) is 15.1. The molecule has 0 aliphatic heterocycles. The summed E-state index contributed by atoms with van der Waals surface area (Å²) in [5, 5.41) is 3.92. The maximum atomic E-state index is 12.9. The third-order valence-electron chi connectivity index (χ3n) is 4.68. The van der Waals surface area contributed by atoms with Gasteiger partial charge in [-0.1, -0.05) is 6.07 Å². The largest absolute Gasteiger partial charge is 0.494 e. The van der Waals surface area contributed by atoms with Gasteiger partial charge >= 0.3 is 0 Å². The summed E-state index contributed by atoms with van der Waals surface area (Å²) < 4.78 is 18.5. The van der Waals surface area contributed by atoms with Gasteiger partial charge in [0.05, 0.1) is 23.9 Å². The topological polar surface area (TPSA) is 54.5 Å². The first-order chi connectivity index (χ1) is 13.5. The van der Waals surface area contributed by atoms with Crippen LogP contribution in [0.3, 0.4) is 0 Å². The number of carbonyl (C=O) groups is 1. The second-order valence-corrected chi connectivity index (χ2v) is 6.68. The van der Waals surface area contributed by atoms with Gasteiger partial charge < -0.3 is 10.1 Å². The number of rotatable bonds is 8. The van der Waals surface area contributed by atoms with Gasteiger partial charge in [-0.25, -0.2) is 4.39 Å². The summed E-state index contributed by atoms with van der Waals surface area (Å²) in [5.74, 6) is 0.284. The van der Waals surface area contributed by atoms with Gasteiger partial charge in [-0.2, -0.15) is 0 Å². The van der Waals surface area contributed by atoms with Gasteiger partial charge in [0.1, 0.15) is 11.6 Å². The number of anilines is 1. The molecule has 0 spiro atoms. The Labute approximate surface area is 164 Å². The number of benzene rings is 2. The van der Waals surface area contributed by atoms with Crippen LogP contribution in [0, 0.1) is 5.82 Å². The van der Waals surface area contributed by atoms with E-state index in [1.165, 1.54) is 12.1 Å². The van der Waals surface area contributed by atoms with Gasteiger partial charge in [0.2, 0.25) is 5.91 Å². The normalized spacial score (nSPS) is 12.1. The van der Waals surface area contributed by atoms with Crippen LogP contribution in [0.4, 0.5) is 10.1 Å². The van der Waals surface area contributed by atoms with Crippen molar-refractivity contribution in [3.05, 3.63) is 66.6 Å². The maximum Gasteiger partial charge on any atom is 0.241 e. The molecule has 1 amide bonds. The van der Waals surface area contributed by atoms with E-state index in [0.717, 1.165) is 23.0 Å². The zero-order valence-electron chi connectivity index (χ0n) is 16.1. The molecule has 0 bridgehead atoms. The quantitative estimate of drug-likeness (QED) is 0.597. The van der Waals surface area contributed by atoms with Crippen molar-refractivity contribution in [3.63, 3.8) is 0 Å². The van der Waals surface area contributed by atoms with Gasteiger partial charge in [-0.15, -0.1) is 0 Å². The highest BCUT2D eigenvalue weighted by Gasteiger charge is 2.18. The van der Waals surface area contributed by atoms with Crippen LogP contribution in [-0.4, -0.2) is 42.0 Å². The van der Waals surface area contributed by atoms with Crippen molar-refractivity contribution in [3.8, 4) is 5.75 Å². The summed E-state index contributed by atoms with van der Waals surface area (Å²) in [5.41, 5.74) is 1.61. The van der Waals surface area contributed by atoms with E-state index < -0.39 is 0 Å². The molecule has 0 radical (unpaired) electrons. The average Bonchev–Trinajstić information content (AvgIpc) is 2.72. The minimum Gasteiger partial charge on any atom is -0.494 e. The van der Waals surface area contributed by atoms with E-state index in [4.69, 9.17) is 4.74 Å². The minimum absolute atomic E-state index is 0.0710. The molecule has 0 saturated carbocycles. The Kier molecular flexibility index (Phi) is 6.55. The summed E-state index contributed by atoms with van der Waals surface area (Å²) in [4.78, 5) is 18.9. The van der Waals surface area contributed by atoms with Crippen LogP contribution in [0.5, 0.6) is 5.75 Å². The number of likely N-dealkylation sites (N-methyl/N-ethyl adjacent to an activating group) is 1. The highest BCUT2D eigenvalue weighted by molar-refractivity contribution is 6.02. The van der Waals surface area contributed by atoms with E-state index in [9.17, 15) is 9.18 Å². The first kappa shape index (κ1) is 19.8. The number of hydrogen-bond donors (Lipinski definition) is 1. The predicted molar refractivity (Wildman–Crippen MR) is 109 cm³/mol. The Morgan fingerprint density at radius 2 is 1.96 bits per heavy atom. The predicted octanol–water partition coefficient (Wildman–Crippen LogP) is 4.10. The van der Waals surface area contributed by atoms with Crippen LogP contribution in [0.15, 0.2) is 60.8 Å². The molecule has 0 fully saturated rings.